The SMILES string of the molecule is Cc1cnn(CCN2CCN(c3cc(N(C)C)ncn3)CC2)c1. The van der Waals surface area contributed by atoms with Gasteiger partial charge in [0.2, 0.25) is 0 Å². The Morgan fingerprint density at radius 2 is 1.87 bits per heavy atom. The largest absolute Gasteiger partial charge is 0.363 e. The molecule has 1 fully saturated rings. The van der Waals surface area contributed by atoms with Crippen molar-refractivity contribution in [2.24, 2.45) is 0 Å². The summed E-state index contributed by atoms with van der Waals surface area (Å²) in [4.78, 5) is 15.5. The number of anilines is 2. The lowest BCUT2D eigenvalue weighted by atomic mass is 10.3. The van der Waals surface area contributed by atoms with Crippen LogP contribution in [-0.2, 0) is 6.54 Å². The van der Waals surface area contributed by atoms with Gasteiger partial charge in [0.25, 0.3) is 0 Å². The van der Waals surface area contributed by atoms with Gasteiger partial charge in [0.15, 0.2) is 0 Å². The van der Waals surface area contributed by atoms with Gasteiger partial charge in [0.1, 0.15) is 18.0 Å². The Balaban J connectivity index is 1.51. The molecule has 0 bridgehead atoms. The van der Waals surface area contributed by atoms with Gasteiger partial charge >= 0.3 is 0 Å². The first kappa shape index (κ1) is 15.7. The highest BCUT2D eigenvalue weighted by Gasteiger charge is 2.18. The zero-order valence-corrected chi connectivity index (χ0v) is 14.2. The van der Waals surface area contributed by atoms with E-state index in [9.17, 15) is 0 Å². The van der Waals surface area contributed by atoms with Crippen LogP contribution in [0.3, 0.4) is 0 Å². The molecule has 23 heavy (non-hydrogen) atoms. The third kappa shape index (κ3) is 3.98. The fraction of sp³-hybridized carbons (Fsp3) is 0.562. The van der Waals surface area contributed by atoms with Crippen molar-refractivity contribution in [2.75, 3.05) is 56.6 Å². The van der Waals surface area contributed by atoms with E-state index >= 15 is 0 Å². The third-order valence-electron chi connectivity index (χ3n) is 4.20. The second-order valence-electron chi connectivity index (χ2n) is 6.24. The molecule has 1 aliphatic heterocycles. The molecule has 0 saturated carbocycles. The first-order valence-corrected chi connectivity index (χ1v) is 8.07. The second-order valence-corrected chi connectivity index (χ2v) is 6.24. The average Bonchev–Trinajstić information content (AvgIpc) is 2.99. The monoisotopic (exact) mass is 315 g/mol. The summed E-state index contributed by atoms with van der Waals surface area (Å²) in [6.07, 6.45) is 5.66. The Hall–Kier alpha value is -2.15. The highest BCUT2D eigenvalue weighted by Crippen LogP contribution is 2.17. The molecular weight excluding hydrogens is 290 g/mol. The van der Waals surface area contributed by atoms with Gasteiger partial charge in [-0.1, -0.05) is 0 Å². The highest BCUT2D eigenvalue weighted by molar-refractivity contribution is 5.49. The van der Waals surface area contributed by atoms with Crippen molar-refractivity contribution >= 4 is 11.6 Å². The van der Waals surface area contributed by atoms with Crippen LogP contribution in [0.1, 0.15) is 5.56 Å². The molecule has 0 amide bonds. The van der Waals surface area contributed by atoms with Gasteiger partial charge in [-0.3, -0.25) is 9.58 Å². The molecule has 3 heterocycles. The molecule has 7 heteroatoms. The molecule has 3 rings (SSSR count). The molecule has 0 aliphatic carbocycles. The van der Waals surface area contributed by atoms with Crippen LogP contribution in [0.5, 0.6) is 0 Å². The summed E-state index contributed by atoms with van der Waals surface area (Å²) < 4.78 is 2.02. The lowest BCUT2D eigenvalue weighted by molar-refractivity contribution is 0.244. The third-order valence-corrected chi connectivity index (χ3v) is 4.20. The zero-order chi connectivity index (χ0) is 16.2. The Morgan fingerprint density at radius 3 is 2.52 bits per heavy atom. The molecule has 124 valence electrons. The number of hydrogen-bond donors (Lipinski definition) is 0. The number of aryl methyl sites for hydroxylation is 1. The van der Waals surface area contributed by atoms with Crippen LogP contribution in [0.4, 0.5) is 11.6 Å². The molecule has 0 spiro atoms. The summed E-state index contributed by atoms with van der Waals surface area (Å²) in [5.41, 5.74) is 1.22. The first-order valence-electron chi connectivity index (χ1n) is 8.07. The van der Waals surface area contributed by atoms with Crippen molar-refractivity contribution in [1.29, 1.82) is 0 Å². The maximum Gasteiger partial charge on any atom is 0.134 e. The summed E-state index contributed by atoms with van der Waals surface area (Å²) in [5, 5.41) is 4.35. The van der Waals surface area contributed by atoms with Gasteiger partial charge < -0.3 is 9.80 Å². The molecule has 0 aromatic carbocycles. The zero-order valence-electron chi connectivity index (χ0n) is 14.2. The summed E-state index contributed by atoms with van der Waals surface area (Å²) >= 11 is 0. The quantitative estimate of drug-likeness (QED) is 0.816. The van der Waals surface area contributed by atoms with Gasteiger partial charge in [0.05, 0.1) is 12.7 Å². The minimum atomic E-state index is 0.950. The van der Waals surface area contributed by atoms with E-state index < -0.39 is 0 Å². The summed E-state index contributed by atoms with van der Waals surface area (Å²) in [6, 6.07) is 2.06. The normalized spacial score (nSPS) is 15.9. The van der Waals surface area contributed by atoms with E-state index in [4.69, 9.17) is 0 Å². The molecule has 0 atom stereocenters. The van der Waals surface area contributed by atoms with E-state index in [1.54, 1.807) is 6.33 Å². The van der Waals surface area contributed by atoms with Crippen molar-refractivity contribution < 1.29 is 0 Å². The molecule has 0 N–H and O–H groups in total. The molecule has 0 radical (unpaired) electrons. The highest BCUT2D eigenvalue weighted by atomic mass is 15.3. The van der Waals surface area contributed by atoms with E-state index in [1.807, 2.05) is 29.9 Å². The van der Waals surface area contributed by atoms with Crippen LogP contribution in [-0.4, -0.2) is 71.5 Å². The van der Waals surface area contributed by atoms with Crippen LogP contribution < -0.4 is 9.80 Å². The van der Waals surface area contributed by atoms with Crippen LogP contribution in [0.25, 0.3) is 0 Å². The summed E-state index contributed by atoms with van der Waals surface area (Å²) in [6.45, 7) is 8.19. The second kappa shape index (κ2) is 6.95. The smallest absolute Gasteiger partial charge is 0.134 e. The predicted octanol–water partition coefficient (Wildman–Crippen LogP) is 0.870. The molecule has 1 saturated heterocycles. The van der Waals surface area contributed by atoms with E-state index in [0.717, 1.165) is 50.9 Å². The summed E-state index contributed by atoms with van der Waals surface area (Å²) in [5.74, 6) is 1.97. The summed E-state index contributed by atoms with van der Waals surface area (Å²) in [7, 11) is 4.00. The lowest BCUT2D eigenvalue weighted by Gasteiger charge is -2.35. The van der Waals surface area contributed by atoms with Crippen molar-refractivity contribution in [3.05, 3.63) is 30.4 Å². The van der Waals surface area contributed by atoms with Crippen LogP contribution >= 0.6 is 0 Å². The van der Waals surface area contributed by atoms with Crippen LogP contribution in [0.15, 0.2) is 24.8 Å². The van der Waals surface area contributed by atoms with E-state index in [2.05, 4.69) is 44.1 Å². The lowest BCUT2D eigenvalue weighted by Crippen LogP contribution is -2.47. The molecule has 2 aromatic rings. The number of rotatable bonds is 5. The van der Waals surface area contributed by atoms with Crippen molar-refractivity contribution in [3.63, 3.8) is 0 Å². The standard InChI is InChI=1S/C16H25N7/c1-14-11-19-23(12-14)9-6-21-4-7-22(8-5-21)16-10-15(20(2)3)17-13-18-16/h10-13H,4-9H2,1-3H3. The number of aromatic nitrogens is 4. The molecule has 2 aromatic heterocycles. The topological polar surface area (TPSA) is 53.3 Å². The van der Waals surface area contributed by atoms with Gasteiger partial charge in [-0.15, -0.1) is 0 Å². The number of piperazine rings is 1. The van der Waals surface area contributed by atoms with E-state index in [1.165, 1.54) is 5.56 Å². The minimum absolute atomic E-state index is 0.950. The fourth-order valence-corrected chi connectivity index (χ4v) is 2.79. The van der Waals surface area contributed by atoms with Gasteiger partial charge in [0, 0.05) is 59.1 Å². The van der Waals surface area contributed by atoms with Crippen molar-refractivity contribution in [1.82, 2.24) is 24.6 Å². The Kier molecular flexibility index (Phi) is 4.76. The fourth-order valence-electron chi connectivity index (χ4n) is 2.79. The van der Waals surface area contributed by atoms with Crippen LogP contribution in [0.2, 0.25) is 0 Å². The predicted molar refractivity (Wildman–Crippen MR) is 92.0 cm³/mol. The molecule has 7 nitrogen and oxygen atoms in total. The maximum absolute atomic E-state index is 4.42. The van der Waals surface area contributed by atoms with Gasteiger partial charge in [-0.2, -0.15) is 5.10 Å². The minimum Gasteiger partial charge on any atom is -0.363 e. The maximum atomic E-state index is 4.42. The Morgan fingerprint density at radius 1 is 1.09 bits per heavy atom. The average molecular weight is 315 g/mol. The van der Waals surface area contributed by atoms with Crippen molar-refractivity contribution in [2.45, 2.75) is 13.5 Å². The Labute approximate surface area is 137 Å². The van der Waals surface area contributed by atoms with Gasteiger partial charge in [-0.05, 0) is 12.5 Å². The molecule has 1 aliphatic rings. The van der Waals surface area contributed by atoms with Crippen LogP contribution in [0, 0.1) is 6.92 Å². The van der Waals surface area contributed by atoms with E-state index in [-0.39, 0.29) is 0 Å². The molecule has 0 unspecified atom stereocenters. The first-order chi connectivity index (χ1) is 11.1. The number of nitrogens with zero attached hydrogens (tertiary/aromatic N) is 7. The van der Waals surface area contributed by atoms with Gasteiger partial charge in [-0.25, -0.2) is 9.97 Å². The van der Waals surface area contributed by atoms with Crippen molar-refractivity contribution in [3.8, 4) is 0 Å². The Bertz CT molecular complexity index is 629. The van der Waals surface area contributed by atoms with E-state index in [0.29, 0.717) is 0 Å². The molecular formula is C16H25N7. The number of hydrogen-bond acceptors (Lipinski definition) is 6.